The van der Waals surface area contributed by atoms with Gasteiger partial charge in [0.25, 0.3) is 0 Å². The molecular weight excluding hydrogens is 316 g/mol. The number of carbonyl (C=O) groups excluding carboxylic acids is 1. The minimum Gasteiger partial charge on any atom is -0.503 e. The van der Waals surface area contributed by atoms with E-state index in [9.17, 15) is 4.79 Å². The van der Waals surface area contributed by atoms with Crippen LogP contribution in [0.1, 0.15) is 16.8 Å². The van der Waals surface area contributed by atoms with Crippen molar-refractivity contribution in [3.05, 3.63) is 64.9 Å². The molecule has 0 N–H and O–H groups in total. The first-order valence-electron chi connectivity index (χ1n) is 7.01. The maximum Gasteiger partial charge on any atom is 0.341 e. The number of carbonyl (C=O) groups is 1. The summed E-state index contributed by atoms with van der Waals surface area (Å²) in [5.74, 6) is -0.440. The molecule has 0 amide bonds. The topological polar surface area (TPSA) is 61.3 Å². The Balaban J connectivity index is 2.26. The summed E-state index contributed by atoms with van der Waals surface area (Å²) in [6.07, 6.45) is 4.21. The van der Waals surface area contributed by atoms with Gasteiger partial charge in [0.1, 0.15) is 17.1 Å². The lowest BCUT2D eigenvalue weighted by Gasteiger charge is -2.11. The predicted octanol–water partition coefficient (Wildman–Crippen LogP) is 3.08. The normalized spacial score (nSPS) is 11.2. The quantitative estimate of drug-likeness (QED) is 0.352. The van der Waals surface area contributed by atoms with Gasteiger partial charge in [0, 0.05) is 5.69 Å². The van der Waals surface area contributed by atoms with Gasteiger partial charge >= 0.3 is 5.97 Å². The van der Waals surface area contributed by atoms with Crippen molar-refractivity contribution < 1.29 is 14.3 Å². The van der Waals surface area contributed by atoms with Crippen LogP contribution in [0.3, 0.4) is 0 Å². The van der Waals surface area contributed by atoms with Gasteiger partial charge in [-0.2, -0.15) is 0 Å². The van der Waals surface area contributed by atoms with Crippen LogP contribution in [0.2, 0.25) is 5.15 Å². The molecule has 2 rings (SSSR count). The molecule has 0 fully saturated rings. The van der Waals surface area contributed by atoms with Gasteiger partial charge in [-0.05, 0) is 30.0 Å². The molecule has 0 radical (unpaired) electrons. The minimum absolute atomic E-state index is 0.381. The second-order valence-corrected chi connectivity index (χ2v) is 5.14. The van der Waals surface area contributed by atoms with E-state index in [0.717, 1.165) is 16.8 Å². The van der Waals surface area contributed by atoms with Crippen LogP contribution in [0.15, 0.2) is 42.9 Å². The standard InChI is InChI=1S/C17H17ClN2O3/c1-22-10-15(17(21)23-2)14-6-4-3-5-12(14)7-8-13-9-16(18)20-11-19-13/h3-6,9-11H,7-8H2,1-2H3/b15-10+. The Kier molecular flexibility index (Phi) is 6.11. The molecule has 0 aliphatic carbocycles. The number of benzene rings is 1. The van der Waals surface area contributed by atoms with Gasteiger partial charge in [-0.15, -0.1) is 0 Å². The van der Waals surface area contributed by atoms with E-state index in [0.29, 0.717) is 23.6 Å². The maximum atomic E-state index is 12.0. The SMILES string of the molecule is CO/C=C(/C(=O)OC)c1ccccc1CCc1cc(Cl)ncn1. The number of nitrogens with zero attached hydrogens (tertiary/aromatic N) is 2. The second kappa shape index (κ2) is 8.29. The molecule has 0 unspecified atom stereocenters. The number of rotatable bonds is 6. The number of ether oxygens (including phenoxy) is 2. The fourth-order valence-electron chi connectivity index (χ4n) is 2.22. The Morgan fingerprint density at radius 2 is 2.00 bits per heavy atom. The van der Waals surface area contributed by atoms with Gasteiger partial charge in [0.05, 0.1) is 20.5 Å². The highest BCUT2D eigenvalue weighted by atomic mass is 35.5. The van der Waals surface area contributed by atoms with Crippen molar-refractivity contribution in [1.82, 2.24) is 9.97 Å². The summed E-state index contributed by atoms with van der Waals surface area (Å²) in [5, 5.41) is 0.415. The molecule has 1 aromatic carbocycles. The summed E-state index contributed by atoms with van der Waals surface area (Å²) in [7, 11) is 2.84. The zero-order valence-electron chi connectivity index (χ0n) is 13.0. The second-order valence-electron chi connectivity index (χ2n) is 4.75. The van der Waals surface area contributed by atoms with Gasteiger partial charge in [-0.1, -0.05) is 35.9 Å². The van der Waals surface area contributed by atoms with Crippen molar-refractivity contribution >= 4 is 23.1 Å². The molecule has 0 atom stereocenters. The zero-order chi connectivity index (χ0) is 16.7. The Labute approximate surface area is 139 Å². The monoisotopic (exact) mass is 332 g/mol. The van der Waals surface area contributed by atoms with Crippen LogP contribution < -0.4 is 0 Å². The summed E-state index contributed by atoms with van der Waals surface area (Å²) in [4.78, 5) is 20.0. The molecule has 6 heteroatoms. The van der Waals surface area contributed by atoms with E-state index in [-0.39, 0.29) is 0 Å². The van der Waals surface area contributed by atoms with Crippen molar-refractivity contribution in [2.24, 2.45) is 0 Å². The van der Waals surface area contributed by atoms with Crippen molar-refractivity contribution in [3.8, 4) is 0 Å². The van der Waals surface area contributed by atoms with Crippen molar-refractivity contribution in [2.75, 3.05) is 14.2 Å². The van der Waals surface area contributed by atoms with Gasteiger partial charge < -0.3 is 9.47 Å². The average Bonchev–Trinajstić information content (AvgIpc) is 2.58. The molecule has 2 aromatic rings. The van der Waals surface area contributed by atoms with E-state index in [1.165, 1.54) is 26.8 Å². The van der Waals surface area contributed by atoms with Gasteiger partial charge in [0.2, 0.25) is 0 Å². The van der Waals surface area contributed by atoms with E-state index in [1.807, 2.05) is 24.3 Å². The predicted molar refractivity (Wildman–Crippen MR) is 87.9 cm³/mol. The number of esters is 1. The molecule has 0 saturated carbocycles. The number of aromatic nitrogens is 2. The Morgan fingerprint density at radius 3 is 2.70 bits per heavy atom. The molecule has 120 valence electrons. The van der Waals surface area contributed by atoms with Crippen molar-refractivity contribution in [3.63, 3.8) is 0 Å². The van der Waals surface area contributed by atoms with Crippen LogP contribution in [0, 0.1) is 0 Å². The number of hydrogen-bond donors (Lipinski definition) is 0. The number of methoxy groups -OCH3 is 2. The first kappa shape index (κ1) is 17.0. The lowest BCUT2D eigenvalue weighted by Crippen LogP contribution is -2.07. The van der Waals surface area contributed by atoms with Crippen molar-refractivity contribution in [1.29, 1.82) is 0 Å². The first-order valence-corrected chi connectivity index (χ1v) is 7.39. The van der Waals surface area contributed by atoms with Gasteiger partial charge in [0.15, 0.2) is 0 Å². The molecule has 23 heavy (non-hydrogen) atoms. The minimum atomic E-state index is -0.440. The third-order valence-corrected chi connectivity index (χ3v) is 3.50. The average molecular weight is 333 g/mol. The van der Waals surface area contributed by atoms with E-state index >= 15 is 0 Å². The molecule has 0 saturated heterocycles. The lowest BCUT2D eigenvalue weighted by atomic mass is 9.96. The summed E-state index contributed by atoms with van der Waals surface area (Å²) in [6.45, 7) is 0. The molecule has 1 aromatic heterocycles. The van der Waals surface area contributed by atoms with Crippen LogP contribution in [-0.4, -0.2) is 30.2 Å². The van der Waals surface area contributed by atoms with E-state index in [1.54, 1.807) is 6.07 Å². The zero-order valence-corrected chi connectivity index (χ0v) is 13.7. The molecular formula is C17H17ClN2O3. The van der Waals surface area contributed by atoms with E-state index in [4.69, 9.17) is 21.1 Å². The van der Waals surface area contributed by atoms with Crippen LogP contribution >= 0.6 is 11.6 Å². The number of aryl methyl sites for hydroxylation is 2. The summed E-state index contributed by atoms with van der Waals surface area (Å²) >= 11 is 5.87. The summed E-state index contributed by atoms with van der Waals surface area (Å²) < 4.78 is 9.84. The van der Waals surface area contributed by atoms with Crippen LogP contribution in [0.5, 0.6) is 0 Å². The van der Waals surface area contributed by atoms with Crippen LogP contribution in [0.25, 0.3) is 5.57 Å². The maximum absolute atomic E-state index is 12.0. The fraction of sp³-hybridized carbons (Fsp3) is 0.235. The first-order chi connectivity index (χ1) is 11.2. The third-order valence-electron chi connectivity index (χ3n) is 3.29. The molecule has 0 spiro atoms. The smallest absolute Gasteiger partial charge is 0.341 e. The fourth-order valence-corrected chi connectivity index (χ4v) is 2.39. The Hall–Kier alpha value is -2.40. The van der Waals surface area contributed by atoms with Crippen molar-refractivity contribution in [2.45, 2.75) is 12.8 Å². The number of hydrogen-bond acceptors (Lipinski definition) is 5. The molecule has 1 heterocycles. The molecule has 5 nitrogen and oxygen atoms in total. The van der Waals surface area contributed by atoms with E-state index in [2.05, 4.69) is 9.97 Å². The Bertz CT molecular complexity index is 716. The summed E-state index contributed by atoms with van der Waals surface area (Å²) in [6, 6.07) is 9.35. The summed E-state index contributed by atoms with van der Waals surface area (Å²) in [5.41, 5.74) is 3.00. The largest absolute Gasteiger partial charge is 0.503 e. The Morgan fingerprint density at radius 1 is 1.22 bits per heavy atom. The van der Waals surface area contributed by atoms with Gasteiger partial charge in [-0.25, -0.2) is 14.8 Å². The third kappa shape index (κ3) is 4.53. The molecule has 0 aliphatic heterocycles. The van der Waals surface area contributed by atoms with Crippen LogP contribution in [-0.2, 0) is 27.1 Å². The highest BCUT2D eigenvalue weighted by molar-refractivity contribution is 6.29. The van der Waals surface area contributed by atoms with Gasteiger partial charge in [-0.3, -0.25) is 0 Å². The van der Waals surface area contributed by atoms with Crippen LogP contribution in [0.4, 0.5) is 0 Å². The highest BCUT2D eigenvalue weighted by Crippen LogP contribution is 2.22. The highest BCUT2D eigenvalue weighted by Gasteiger charge is 2.16. The number of halogens is 1. The lowest BCUT2D eigenvalue weighted by molar-refractivity contribution is -0.133. The molecule has 0 aliphatic rings. The van der Waals surface area contributed by atoms with E-state index < -0.39 is 5.97 Å². The molecule has 0 bridgehead atoms.